The van der Waals surface area contributed by atoms with Gasteiger partial charge in [-0.2, -0.15) is 0 Å². The molecule has 0 spiro atoms. The lowest BCUT2D eigenvalue weighted by Gasteiger charge is -2.17. The van der Waals surface area contributed by atoms with Crippen LogP contribution in [0.4, 0.5) is 10.1 Å². The maximum atomic E-state index is 13.3. The van der Waals surface area contributed by atoms with Crippen LogP contribution >= 0.6 is 11.6 Å². The van der Waals surface area contributed by atoms with Crippen molar-refractivity contribution in [1.82, 2.24) is 4.90 Å². The summed E-state index contributed by atoms with van der Waals surface area (Å²) in [6, 6.07) is 19.4. The van der Waals surface area contributed by atoms with E-state index < -0.39 is 15.8 Å². The molecule has 0 radical (unpaired) electrons. The number of benzene rings is 3. The predicted molar refractivity (Wildman–Crippen MR) is 120 cm³/mol. The number of amides is 1. The van der Waals surface area contributed by atoms with Crippen LogP contribution in [-0.4, -0.2) is 32.8 Å². The van der Waals surface area contributed by atoms with Crippen LogP contribution in [0.2, 0.25) is 5.02 Å². The molecule has 0 aliphatic carbocycles. The van der Waals surface area contributed by atoms with Crippen LogP contribution in [0, 0.1) is 5.82 Å². The molecule has 8 heteroatoms. The van der Waals surface area contributed by atoms with Crippen LogP contribution in [0.25, 0.3) is 0 Å². The molecule has 0 atom stereocenters. The van der Waals surface area contributed by atoms with Crippen molar-refractivity contribution in [3.05, 3.63) is 94.8 Å². The molecule has 5 nitrogen and oxygen atoms in total. The summed E-state index contributed by atoms with van der Waals surface area (Å²) in [4.78, 5) is 14.1. The Morgan fingerprint density at radius 2 is 1.71 bits per heavy atom. The molecule has 0 heterocycles. The third kappa shape index (κ3) is 6.06. The largest absolute Gasteiger partial charge is 0.342 e. The lowest BCUT2D eigenvalue weighted by atomic mass is 10.1. The summed E-state index contributed by atoms with van der Waals surface area (Å²) in [6.45, 7) is 0.605. The van der Waals surface area contributed by atoms with E-state index in [-0.39, 0.29) is 21.5 Å². The second-order valence-corrected chi connectivity index (χ2v) is 9.16. The first-order valence-electron chi connectivity index (χ1n) is 9.63. The van der Waals surface area contributed by atoms with E-state index in [1.165, 1.54) is 17.7 Å². The number of hydrogen-bond acceptors (Lipinski definition) is 3. The Morgan fingerprint density at radius 1 is 1.03 bits per heavy atom. The number of hydrogen-bond donors (Lipinski definition) is 1. The van der Waals surface area contributed by atoms with Crippen LogP contribution in [0.5, 0.6) is 0 Å². The Hall–Kier alpha value is -2.90. The zero-order valence-electron chi connectivity index (χ0n) is 16.9. The van der Waals surface area contributed by atoms with E-state index in [2.05, 4.69) is 16.9 Å². The van der Waals surface area contributed by atoms with Crippen molar-refractivity contribution < 1.29 is 17.6 Å². The Balaban J connectivity index is 1.59. The molecule has 0 fully saturated rings. The molecular formula is C23H22ClFN2O3S. The highest BCUT2D eigenvalue weighted by atomic mass is 35.5. The summed E-state index contributed by atoms with van der Waals surface area (Å²) in [5, 5.41) is -0.279. The summed E-state index contributed by atoms with van der Waals surface area (Å²) in [6.07, 6.45) is 1.72. The molecule has 0 bridgehead atoms. The van der Waals surface area contributed by atoms with E-state index in [4.69, 9.17) is 11.6 Å². The lowest BCUT2D eigenvalue weighted by molar-refractivity contribution is 0.0793. The van der Waals surface area contributed by atoms with Crippen LogP contribution in [0.15, 0.2) is 77.7 Å². The number of anilines is 1. The van der Waals surface area contributed by atoms with Gasteiger partial charge in [0.1, 0.15) is 5.82 Å². The highest BCUT2D eigenvalue weighted by Gasteiger charge is 2.17. The minimum atomic E-state index is -3.94. The number of halogens is 2. The van der Waals surface area contributed by atoms with Gasteiger partial charge in [-0.25, -0.2) is 12.8 Å². The van der Waals surface area contributed by atoms with Crippen molar-refractivity contribution >= 4 is 33.2 Å². The van der Waals surface area contributed by atoms with E-state index in [9.17, 15) is 17.6 Å². The van der Waals surface area contributed by atoms with Crippen LogP contribution in [0.1, 0.15) is 22.3 Å². The highest BCUT2D eigenvalue weighted by molar-refractivity contribution is 7.92. The third-order valence-corrected chi connectivity index (χ3v) is 6.40. The first-order valence-corrected chi connectivity index (χ1v) is 11.5. The fraction of sp³-hybridized carbons (Fsp3) is 0.174. The molecule has 0 unspecified atom stereocenters. The van der Waals surface area contributed by atoms with E-state index in [1.54, 1.807) is 24.1 Å². The van der Waals surface area contributed by atoms with E-state index in [0.29, 0.717) is 12.1 Å². The minimum absolute atomic E-state index is 0.146. The van der Waals surface area contributed by atoms with E-state index >= 15 is 0 Å². The summed E-state index contributed by atoms with van der Waals surface area (Å²) in [5.41, 5.74) is 1.96. The molecule has 1 amide bonds. The summed E-state index contributed by atoms with van der Waals surface area (Å²) in [5.74, 6) is -0.843. The van der Waals surface area contributed by atoms with Crippen molar-refractivity contribution in [3.63, 3.8) is 0 Å². The first kappa shape index (κ1) is 22.8. The minimum Gasteiger partial charge on any atom is -0.342 e. The average molecular weight is 461 g/mol. The Bertz CT molecular complexity index is 1150. The average Bonchev–Trinajstić information content (AvgIpc) is 2.76. The molecular weight excluding hydrogens is 439 g/mol. The quantitative estimate of drug-likeness (QED) is 0.515. The number of nitrogens with zero attached hydrogens (tertiary/aromatic N) is 1. The number of aryl methyl sites for hydroxylation is 1. The van der Waals surface area contributed by atoms with Gasteiger partial charge >= 0.3 is 0 Å². The van der Waals surface area contributed by atoms with Gasteiger partial charge in [-0.1, -0.05) is 41.9 Å². The Kier molecular flexibility index (Phi) is 7.30. The SMILES string of the molecule is CN(CCCc1ccccc1)C(=O)c1ccc(NS(=O)(=O)c2ccc(F)c(Cl)c2)cc1. The van der Waals surface area contributed by atoms with Crippen molar-refractivity contribution in [2.24, 2.45) is 0 Å². The maximum absolute atomic E-state index is 13.3. The van der Waals surface area contributed by atoms with Gasteiger partial charge in [-0.05, 0) is 60.9 Å². The number of rotatable bonds is 8. The van der Waals surface area contributed by atoms with E-state index in [1.807, 2.05) is 18.2 Å². The van der Waals surface area contributed by atoms with Gasteiger partial charge < -0.3 is 4.90 Å². The van der Waals surface area contributed by atoms with Gasteiger partial charge in [-0.3, -0.25) is 9.52 Å². The second kappa shape index (κ2) is 9.94. The monoisotopic (exact) mass is 460 g/mol. The smallest absolute Gasteiger partial charge is 0.261 e. The lowest BCUT2D eigenvalue weighted by Crippen LogP contribution is -2.28. The first-order chi connectivity index (χ1) is 14.8. The molecule has 0 saturated heterocycles. The van der Waals surface area contributed by atoms with Crippen LogP contribution < -0.4 is 4.72 Å². The van der Waals surface area contributed by atoms with Crippen molar-refractivity contribution in [3.8, 4) is 0 Å². The normalized spacial score (nSPS) is 11.2. The molecule has 0 aromatic heterocycles. The van der Waals surface area contributed by atoms with Gasteiger partial charge in [-0.15, -0.1) is 0 Å². The summed E-state index contributed by atoms with van der Waals surface area (Å²) in [7, 11) is -2.20. The Labute approximate surface area is 186 Å². The number of nitrogens with one attached hydrogen (secondary N) is 1. The van der Waals surface area contributed by atoms with Crippen LogP contribution in [0.3, 0.4) is 0 Å². The molecule has 3 aromatic rings. The van der Waals surface area contributed by atoms with Gasteiger partial charge in [0.05, 0.1) is 9.92 Å². The fourth-order valence-electron chi connectivity index (χ4n) is 3.03. The van der Waals surface area contributed by atoms with Gasteiger partial charge in [0, 0.05) is 24.8 Å². The predicted octanol–water partition coefficient (Wildman–Crippen LogP) is 4.98. The molecule has 0 aliphatic rings. The third-order valence-electron chi connectivity index (χ3n) is 4.73. The molecule has 3 aromatic carbocycles. The molecule has 0 saturated carbocycles. The molecule has 3 rings (SSSR count). The molecule has 162 valence electrons. The fourth-order valence-corrected chi connectivity index (χ4v) is 4.36. The van der Waals surface area contributed by atoms with E-state index in [0.717, 1.165) is 31.0 Å². The zero-order chi connectivity index (χ0) is 22.4. The van der Waals surface area contributed by atoms with Crippen molar-refractivity contribution in [2.45, 2.75) is 17.7 Å². The van der Waals surface area contributed by atoms with Crippen molar-refractivity contribution in [1.29, 1.82) is 0 Å². The molecule has 1 N–H and O–H groups in total. The van der Waals surface area contributed by atoms with Crippen molar-refractivity contribution in [2.75, 3.05) is 18.3 Å². The molecule has 0 aliphatic heterocycles. The topological polar surface area (TPSA) is 66.5 Å². The van der Waals surface area contributed by atoms with Gasteiger partial charge in [0.2, 0.25) is 0 Å². The van der Waals surface area contributed by atoms with Crippen LogP contribution in [-0.2, 0) is 16.4 Å². The maximum Gasteiger partial charge on any atom is 0.261 e. The summed E-state index contributed by atoms with van der Waals surface area (Å²) < 4.78 is 40.6. The zero-order valence-corrected chi connectivity index (χ0v) is 18.5. The summed E-state index contributed by atoms with van der Waals surface area (Å²) >= 11 is 5.67. The molecule has 31 heavy (non-hydrogen) atoms. The number of sulfonamides is 1. The number of carbonyl (C=O) groups excluding carboxylic acids is 1. The second-order valence-electron chi connectivity index (χ2n) is 7.07. The Morgan fingerprint density at radius 3 is 2.35 bits per heavy atom. The van der Waals surface area contributed by atoms with Gasteiger partial charge in [0.15, 0.2) is 0 Å². The highest BCUT2D eigenvalue weighted by Crippen LogP contribution is 2.22. The standard InChI is InChI=1S/C23H22ClFN2O3S/c1-27(15-5-8-17-6-3-2-4-7-17)23(28)18-9-11-19(12-10-18)26-31(29,30)20-13-14-22(25)21(24)16-20/h2-4,6-7,9-14,16,26H,5,8,15H2,1H3. The number of carbonyl (C=O) groups is 1. The van der Waals surface area contributed by atoms with Gasteiger partial charge in [0.25, 0.3) is 15.9 Å².